The van der Waals surface area contributed by atoms with Crippen LogP contribution in [0.5, 0.6) is 0 Å². The van der Waals surface area contributed by atoms with Crippen LogP contribution in [0.1, 0.15) is 42.2 Å². The molecule has 0 spiro atoms. The van der Waals surface area contributed by atoms with Gasteiger partial charge in [0.1, 0.15) is 17.2 Å². The molecule has 0 saturated heterocycles. The van der Waals surface area contributed by atoms with Crippen molar-refractivity contribution in [3.63, 3.8) is 0 Å². The quantitative estimate of drug-likeness (QED) is 0.229. The Balaban J connectivity index is 0.000000221. The van der Waals surface area contributed by atoms with Crippen molar-refractivity contribution in [1.29, 1.82) is 0 Å². The van der Waals surface area contributed by atoms with Gasteiger partial charge in [0.15, 0.2) is 5.71 Å². The zero-order valence-corrected chi connectivity index (χ0v) is 22.1. The van der Waals surface area contributed by atoms with E-state index in [1.165, 1.54) is 34.0 Å². The second-order valence-electron chi connectivity index (χ2n) is 9.58. The molecule has 1 aromatic heterocycles. The maximum absolute atomic E-state index is 10.4. The van der Waals surface area contributed by atoms with E-state index in [2.05, 4.69) is 91.6 Å². The molecule has 2 atom stereocenters. The maximum Gasteiger partial charge on any atom is 0.209 e. The van der Waals surface area contributed by atoms with E-state index >= 15 is 0 Å². The lowest BCUT2D eigenvalue weighted by Gasteiger charge is -2.17. The van der Waals surface area contributed by atoms with Gasteiger partial charge in [0.2, 0.25) is 5.69 Å². The summed E-state index contributed by atoms with van der Waals surface area (Å²) in [5.41, 5.74) is 5.14. The van der Waals surface area contributed by atoms with Gasteiger partial charge in [-0.1, -0.05) is 60.2 Å². The number of rotatable bonds is 4. The number of aryl methyl sites for hydroxylation is 1. The van der Waals surface area contributed by atoms with Crippen LogP contribution in [0.15, 0.2) is 95.2 Å². The average molecular weight is 506 g/mol. The van der Waals surface area contributed by atoms with E-state index in [0.29, 0.717) is 11.8 Å². The van der Waals surface area contributed by atoms with Crippen molar-refractivity contribution in [2.45, 2.75) is 43.4 Å². The van der Waals surface area contributed by atoms with E-state index in [1.807, 2.05) is 18.3 Å². The molecule has 1 aliphatic heterocycles. The lowest BCUT2D eigenvalue weighted by molar-refractivity contribution is -0.401. The third-order valence-corrected chi connectivity index (χ3v) is 8.66. The first-order chi connectivity index (χ1) is 16.6. The van der Waals surface area contributed by atoms with Crippen molar-refractivity contribution in [2.24, 2.45) is 5.92 Å². The van der Waals surface area contributed by atoms with Gasteiger partial charge in [-0.15, -0.1) is 11.3 Å². The maximum atomic E-state index is 10.4. The fraction of sp³-hybridized carbons (Fsp3) is 0.276. The molecule has 2 heterocycles. The molecule has 35 heavy (non-hydrogen) atoms. The van der Waals surface area contributed by atoms with Gasteiger partial charge in [-0.2, -0.15) is 4.58 Å². The van der Waals surface area contributed by atoms with Crippen LogP contribution in [0.2, 0.25) is 0 Å². The van der Waals surface area contributed by atoms with E-state index < -0.39 is 10.1 Å². The van der Waals surface area contributed by atoms with Gasteiger partial charge in [0.25, 0.3) is 0 Å². The van der Waals surface area contributed by atoms with Crippen LogP contribution in [0.4, 0.5) is 5.69 Å². The van der Waals surface area contributed by atoms with Gasteiger partial charge >= 0.3 is 0 Å². The van der Waals surface area contributed by atoms with Crippen molar-refractivity contribution in [2.75, 3.05) is 7.05 Å². The summed E-state index contributed by atoms with van der Waals surface area (Å²) in [7, 11) is -2.08. The molecule has 182 valence electrons. The van der Waals surface area contributed by atoms with Gasteiger partial charge < -0.3 is 4.55 Å². The number of allylic oxidation sites excluding steroid dienone is 4. The van der Waals surface area contributed by atoms with E-state index in [9.17, 15) is 13.0 Å². The molecule has 5 rings (SSSR count). The topological polar surface area (TPSA) is 60.2 Å². The number of nitrogens with zero attached hydrogens (tertiary/aromatic N) is 1. The highest BCUT2D eigenvalue weighted by molar-refractivity contribution is 7.85. The third kappa shape index (κ3) is 5.40. The Morgan fingerprint density at radius 1 is 1.06 bits per heavy atom. The molecule has 0 N–H and O–H groups in total. The molecule has 0 bridgehead atoms. The normalized spacial score (nSPS) is 20.7. The Labute approximate surface area is 212 Å². The zero-order valence-electron chi connectivity index (χ0n) is 20.5. The van der Waals surface area contributed by atoms with E-state index in [1.54, 1.807) is 12.1 Å². The number of fused-ring (bicyclic) bond motifs is 1. The van der Waals surface area contributed by atoms with Crippen LogP contribution < -0.4 is 0 Å². The smallest absolute Gasteiger partial charge is 0.209 e. The summed E-state index contributed by atoms with van der Waals surface area (Å²) in [6.45, 7) is 6.48. The summed E-state index contributed by atoms with van der Waals surface area (Å²) in [5, 5.41) is 2.18. The van der Waals surface area contributed by atoms with Crippen LogP contribution >= 0.6 is 11.3 Å². The molecule has 4 nitrogen and oxygen atoms in total. The van der Waals surface area contributed by atoms with Gasteiger partial charge in [0, 0.05) is 28.5 Å². The molecule has 2 unspecified atom stereocenters. The second-order valence-corrected chi connectivity index (χ2v) is 11.9. The molecule has 0 saturated carbocycles. The SMILES string of the molecule is C[N+]1=C(C=CC2CC=CC2c2cccs2)C(C)(C)c2ccccc21.Cc1ccc(S(=O)(=O)[O-])cc1. The van der Waals surface area contributed by atoms with Crippen LogP contribution in [0, 0.1) is 12.8 Å². The molecule has 2 aliphatic rings. The largest absolute Gasteiger partial charge is 0.744 e. The molecule has 6 heteroatoms. The van der Waals surface area contributed by atoms with Crippen LogP contribution in [0.3, 0.4) is 0 Å². The molecule has 3 aromatic rings. The Kier molecular flexibility index (Phi) is 7.27. The lowest BCUT2D eigenvalue weighted by Crippen LogP contribution is -2.26. The van der Waals surface area contributed by atoms with Crippen molar-refractivity contribution in [1.82, 2.24) is 0 Å². The summed E-state index contributed by atoms with van der Waals surface area (Å²) in [6, 6.07) is 19.0. The standard InChI is InChI=1S/C22H24NS.C7H8O3S/c1-22(2)18-10-4-5-11-19(18)23(3)21(22)14-13-16-8-6-9-17(16)20-12-7-15-24-20;1-6-2-4-7(5-3-6)11(8,9)10/h4-7,9-17H,8H2,1-3H3;2-5H,1H3,(H,8,9,10)/q+1;/p-1. The van der Waals surface area contributed by atoms with Gasteiger partial charge in [-0.3, -0.25) is 0 Å². The Hall–Kier alpha value is -2.80. The molecule has 1 aliphatic carbocycles. The highest BCUT2D eigenvalue weighted by Gasteiger charge is 2.42. The zero-order chi connectivity index (χ0) is 25.2. The first kappa shape index (κ1) is 25.3. The minimum absolute atomic E-state index is 0.0618. The number of hydrogen-bond acceptors (Lipinski definition) is 4. The predicted octanol–water partition coefficient (Wildman–Crippen LogP) is 6.57. The Bertz CT molecular complexity index is 1380. The Morgan fingerprint density at radius 2 is 1.77 bits per heavy atom. The lowest BCUT2D eigenvalue weighted by atomic mass is 9.81. The summed E-state index contributed by atoms with van der Waals surface area (Å²) in [6.07, 6.45) is 10.7. The minimum atomic E-state index is -4.27. The number of thiophene rings is 1. The van der Waals surface area contributed by atoms with Crippen LogP contribution in [0.25, 0.3) is 0 Å². The number of benzene rings is 2. The third-order valence-electron chi connectivity index (χ3n) is 6.84. The molecule has 0 fully saturated rings. The van der Waals surface area contributed by atoms with Crippen molar-refractivity contribution >= 4 is 32.9 Å². The first-order valence-corrected chi connectivity index (χ1v) is 14.0. The second kappa shape index (κ2) is 10.1. The molecule has 0 amide bonds. The molecular weight excluding hydrogens is 474 g/mol. The van der Waals surface area contributed by atoms with Gasteiger partial charge in [-0.05, 0) is 56.7 Å². The molecule has 2 aromatic carbocycles. The highest BCUT2D eigenvalue weighted by Crippen LogP contribution is 2.41. The minimum Gasteiger partial charge on any atom is -0.744 e. The van der Waals surface area contributed by atoms with E-state index in [4.69, 9.17) is 0 Å². The van der Waals surface area contributed by atoms with Crippen LogP contribution in [-0.4, -0.2) is 30.3 Å². The summed E-state index contributed by atoms with van der Waals surface area (Å²) in [5.74, 6) is 1.11. The average Bonchev–Trinajstić information content (AvgIpc) is 3.54. The van der Waals surface area contributed by atoms with Crippen molar-refractivity contribution in [3.8, 4) is 0 Å². The monoisotopic (exact) mass is 505 g/mol. The summed E-state index contributed by atoms with van der Waals surface area (Å²) >= 11 is 1.87. The van der Waals surface area contributed by atoms with Gasteiger partial charge in [-0.25, -0.2) is 8.42 Å². The molecular formula is C29H31NO3S2. The summed E-state index contributed by atoms with van der Waals surface area (Å²) < 4.78 is 33.5. The van der Waals surface area contributed by atoms with Crippen molar-refractivity contribution in [3.05, 3.63) is 106 Å². The first-order valence-electron chi connectivity index (χ1n) is 11.7. The van der Waals surface area contributed by atoms with Crippen molar-refractivity contribution < 1.29 is 17.5 Å². The van der Waals surface area contributed by atoms with Crippen LogP contribution in [-0.2, 0) is 15.5 Å². The predicted molar refractivity (Wildman–Crippen MR) is 143 cm³/mol. The number of hydrogen-bond donors (Lipinski definition) is 0. The fourth-order valence-electron chi connectivity index (χ4n) is 4.88. The van der Waals surface area contributed by atoms with Gasteiger partial charge in [0.05, 0.1) is 10.3 Å². The fourth-order valence-corrected chi connectivity index (χ4v) is 6.23. The number of para-hydroxylation sites is 1. The summed E-state index contributed by atoms with van der Waals surface area (Å²) in [4.78, 5) is 1.30. The Morgan fingerprint density at radius 3 is 2.40 bits per heavy atom. The highest BCUT2D eigenvalue weighted by atomic mass is 32.2. The van der Waals surface area contributed by atoms with E-state index in [0.717, 1.165) is 12.0 Å². The van der Waals surface area contributed by atoms with E-state index in [-0.39, 0.29) is 10.3 Å². The molecule has 0 radical (unpaired) electrons.